The molecular formula is C11H17Al. The summed E-state index contributed by atoms with van der Waals surface area (Å²) in [5, 5.41) is 0. The second-order valence-corrected chi connectivity index (χ2v) is 5.55. The van der Waals surface area contributed by atoms with E-state index in [2.05, 4.69) is 44.2 Å². The van der Waals surface area contributed by atoms with Crippen molar-refractivity contribution in [2.75, 3.05) is 0 Å². The van der Waals surface area contributed by atoms with E-state index in [0.717, 1.165) is 0 Å². The summed E-state index contributed by atoms with van der Waals surface area (Å²) in [6.45, 7) is 4.59. The van der Waals surface area contributed by atoms with E-state index in [0.29, 0.717) is 4.28 Å². The van der Waals surface area contributed by atoms with Gasteiger partial charge in [0.05, 0.1) is 0 Å². The van der Waals surface area contributed by atoms with Crippen molar-refractivity contribution in [1.29, 1.82) is 0 Å². The zero-order valence-corrected chi connectivity index (χ0v) is 10.3. The predicted molar refractivity (Wildman–Crippen MR) is 57.2 cm³/mol. The smallest absolute Gasteiger partial charge is 0.0658 e. The quantitative estimate of drug-likeness (QED) is 0.620. The Morgan fingerprint density at radius 2 is 1.58 bits per heavy atom. The van der Waals surface area contributed by atoms with Gasteiger partial charge in [0.25, 0.3) is 0 Å². The van der Waals surface area contributed by atoms with Gasteiger partial charge in [-0.1, -0.05) is 66.9 Å². The van der Waals surface area contributed by atoms with Crippen molar-refractivity contribution < 1.29 is 0 Å². The normalized spacial score (nSPS) is 11.5. The minimum absolute atomic E-state index is 0.515. The average molecular weight is 176 g/mol. The van der Waals surface area contributed by atoms with E-state index in [1.165, 1.54) is 34.7 Å². The first-order chi connectivity index (χ1) is 5.73. The van der Waals surface area contributed by atoms with Crippen LogP contribution in [0.25, 0.3) is 0 Å². The van der Waals surface area contributed by atoms with E-state index in [-0.39, 0.29) is 0 Å². The maximum Gasteiger partial charge on any atom is 0.228 e. The molecule has 0 unspecified atom stereocenters. The van der Waals surface area contributed by atoms with Gasteiger partial charge in [-0.05, 0) is 0 Å². The van der Waals surface area contributed by atoms with Crippen molar-refractivity contribution >= 4 is 16.3 Å². The van der Waals surface area contributed by atoms with Crippen LogP contribution in [0.5, 0.6) is 0 Å². The van der Waals surface area contributed by atoms with Gasteiger partial charge in [-0.15, -0.1) is 0 Å². The molecular weight excluding hydrogens is 159 g/mol. The summed E-state index contributed by atoms with van der Waals surface area (Å²) in [5.74, 6) is 0. The lowest BCUT2D eigenvalue weighted by Gasteiger charge is -2.27. The maximum atomic E-state index is 2.30. The van der Waals surface area contributed by atoms with Crippen LogP contribution in [-0.2, 0) is 4.28 Å². The SMILES string of the molecule is CC[C]([AlH2])(CC)c1ccccc1. The standard InChI is InChI=1S/C11H15.Al.2H/c1-3-10(4-2)11-8-6-5-7-9-11;;;/h5-9H,3-4H2,1-2H3;;;. The van der Waals surface area contributed by atoms with Crippen LogP contribution >= 0.6 is 0 Å². The molecule has 64 valence electrons. The molecule has 0 radical (unpaired) electrons. The zero-order chi connectivity index (χ0) is 9.03. The Hall–Kier alpha value is -0.248. The van der Waals surface area contributed by atoms with E-state index in [9.17, 15) is 0 Å². The van der Waals surface area contributed by atoms with Crippen LogP contribution in [0, 0.1) is 0 Å². The number of hydrogen-bond acceptors (Lipinski definition) is 0. The summed E-state index contributed by atoms with van der Waals surface area (Å²) in [5.41, 5.74) is 1.53. The first-order valence-electron chi connectivity index (χ1n) is 4.78. The lowest BCUT2D eigenvalue weighted by molar-refractivity contribution is 0.565. The molecule has 0 aliphatic heterocycles. The first kappa shape index (κ1) is 9.84. The molecule has 1 heteroatoms. The first-order valence-corrected chi connectivity index (χ1v) is 5.78. The fourth-order valence-electron chi connectivity index (χ4n) is 1.50. The van der Waals surface area contributed by atoms with Crippen molar-refractivity contribution in [3.63, 3.8) is 0 Å². The van der Waals surface area contributed by atoms with Gasteiger partial charge in [-0.3, -0.25) is 0 Å². The minimum atomic E-state index is 0.515. The molecule has 1 rings (SSSR count). The number of benzene rings is 1. The van der Waals surface area contributed by atoms with Crippen LogP contribution in [-0.4, -0.2) is 16.3 Å². The van der Waals surface area contributed by atoms with Gasteiger partial charge in [-0.2, -0.15) is 0 Å². The third-order valence-electron chi connectivity index (χ3n) is 3.03. The molecule has 1 aromatic carbocycles. The molecule has 0 nitrogen and oxygen atoms in total. The number of rotatable bonds is 3. The van der Waals surface area contributed by atoms with Crippen molar-refractivity contribution in [1.82, 2.24) is 0 Å². The molecule has 0 N–H and O–H groups in total. The Balaban J connectivity index is 2.95. The van der Waals surface area contributed by atoms with Gasteiger partial charge < -0.3 is 0 Å². The van der Waals surface area contributed by atoms with Gasteiger partial charge in [0.15, 0.2) is 0 Å². The highest BCUT2D eigenvalue weighted by Gasteiger charge is 2.21. The second-order valence-electron chi connectivity index (χ2n) is 3.63. The van der Waals surface area contributed by atoms with Gasteiger partial charge in [0, 0.05) is 0 Å². The molecule has 0 saturated carbocycles. The number of hydrogen-bond donors (Lipinski definition) is 0. The largest absolute Gasteiger partial charge is 0.228 e. The molecule has 0 bridgehead atoms. The van der Waals surface area contributed by atoms with Crippen molar-refractivity contribution in [2.45, 2.75) is 31.0 Å². The van der Waals surface area contributed by atoms with Crippen LogP contribution in [0.2, 0.25) is 0 Å². The molecule has 12 heavy (non-hydrogen) atoms. The van der Waals surface area contributed by atoms with Crippen LogP contribution in [0.15, 0.2) is 30.3 Å². The van der Waals surface area contributed by atoms with Gasteiger partial charge in [0.2, 0.25) is 16.3 Å². The highest BCUT2D eigenvalue weighted by atomic mass is 27.0. The van der Waals surface area contributed by atoms with Crippen LogP contribution in [0.3, 0.4) is 0 Å². The fraction of sp³-hybridized carbons (Fsp3) is 0.455. The van der Waals surface area contributed by atoms with Gasteiger partial charge in [0.1, 0.15) is 0 Å². The zero-order valence-electron chi connectivity index (χ0n) is 8.30. The second kappa shape index (κ2) is 4.12. The van der Waals surface area contributed by atoms with Crippen LogP contribution < -0.4 is 0 Å². The monoisotopic (exact) mass is 176 g/mol. The van der Waals surface area contributed by atoms with Crippen LogP contribution in [0.4, 0.5) is 0 Å². The Labute approximate surface area is 83.4 Å². The Morgan fingerprint density at radius 3 is 2.00 bits per heavy atom. The van der Waals surface area contributed by atoms with Gasteiger partial charge in [-0.25, -0.2) is 0 Å². The Morgan fingerprint density at radius 1 is 1.08 bits per heavy atom. The maximum absolute atomic E-state index is 2.30. The van der Waals surface area contributed by atoms with Crippen molar-refractivity contribution in [3.8, 4) is 0 Å². The van der Waals surface area contributed by atoms with Crippen molar-refractivity contribution in [3.05, 3.63) is 35.9 Å². The molecule has 1 aromatic rings. The predicted octanol–water partition coefficient (Wildman–Crippen LogP) is 2.33. The molecule has 0 aromatic heterocycles. The molecule has 0 fully saturated rings. The summed E-state index contributed by atoms with van der Waals surface area (Å²) in [4.78, 5) is 0. The molecule has 0 heterocycles. The Bertz CT molecular complexity index is 224. The molecule has 0 aliphatic carbocycles. The van der Waals surface area contributed by atoms with E-state index in [1.807, 2.05) is 0 Å². The summed E-state index contributed by atoms with van der Waals surface area (Å²) in [7, 11) is 0. The third-order valence-corrected chi connectivity index (χ3v) is 5.02. The van der Waals surface area contributed by atoms with Gasteiger partial charge >= 0.3 is 0 Å². The fourth-order valence-corrected chi connectivity index (χ4v) is 1.83. The topological polar surface area (TPSA) is 0 Å². The third kappa shape index (κ3) is 1.91. The molecule has 0 aliphatic rings. The Kier molecular flexibility index (Phi) is 3.38. The summed E-state index contributed by atoms with van der Waals surface area (Å²) >= 11 is 1.26. The van der Waals surface area contributed by atoms with E-state index in [1.54, 1.807) is 0 Å². The lowest BCUT2D eigenvalue weighted by Crippen LogP contribution is -2.24. The molecule has 0 atom stereocenters. The van der Waals surface area contributed by atoms with Crippen LogP contribution in [0.1, 0.15) is 32.3 Å². The molecule has 0 spiro atoms. The van der Waals surface area contributed by atoms with E-state index >= 15 is 0 Å². The minimum Gasteiger partial charge on any atom is -0.0658 e. The van der Waals surface area contributed by atoms with E-state index < -0.39 is 0 Å². The summed E-state index contributed by atoms with van der Waals surface area (Å²) < 4.78 is 0.515. The highest BCUT2D eigenvalue weighted by Crippen LogP contribution is 2.27. The highest BCUT2D eigenvalue weighted by molar-refractivity contribution is 6.15. The van der Waals surface area contributed by atoms with E-state index in [4.69, 9.17) is 0 Å². The average Bonchev–Trinajstić information content (AvgIpc) is 2.18. The summed E-state index contributed by atoms with van der Waals surface area (Å²) in [6, 6.07) is 10.9. The molecule has 0 saturated heterocycles. The lowest BCUT2D eigenvalue weighted by atomic mass is 9.92. The molecule has 0 amide bonds. The van der Waals surface area contributed by atoms with Crippen molar-refractivity contribution in [2.24, 2.45) is 0 Å². The summed E-state index contributed by atoms with van der Waals surface area (Å²) in [6.07, 6.45) is 2.56.